The number of hydrogen-bond acceptors (Lipinski definition) is 9. The quantitative estimate of drug-likeness (QED) is 0.242. The van der Waals surface area contributed by atoms with Gasteiger partial charge in [-0.3, -0.25) is 4.98 Å². The van der Waals surface area contributed by atoms with Crippen molar-refractivity contribution in [2.24, 2.45) is 22.7 Å². The van der Waals surface area contributed by atoms with Gasteiger partial charge in [-0.15, -0.1) is 0 Å². The average Bonchev–Trinajstić information content (AvgIpc) is 3.09. The zero-order valence-corrected chi connectivity index (χ0v) is 27.2. The second-order valence-electron chi connectivity index (χ2n) is 14.4. The van der Waals surface area contributed by atoms with E-state index in [1.165, 1.54) is 0 Å². The molecule has 3 fully saturated rings. The number of esters is 1. The zero-order chi connectivity index (χ0) is 33.3. The normalized spacial score (nSPS) is 35.2. The third-order valence-corrected chi connectivity index (χ3v) is 11.7. The molecule has 0 bridgehead atoms. The van der Waals surface area contributed by atoms with E-state index in [9.17, 15) is 14.7 Å². The fourth-order valence-electron chi connectivity index (χ4n) is 9.41. The molecule has 1 N–H and O–H groups in total. The predicted octanol–water partition coefficient (Wildman–Crippen LogP) is 6.67. The van der Waals surface area contributed by atoms with Crippen LogP contribution in [0.5, 0.6) is 5.75 Å². The molecule has 48 heavy (non-hydrogen) atoms. The highest BCUT2D eigenvalue weighted by Gasteiger charge is 2.71. The number of aliphatic hydroxyl groups is 1. The Balaban J connectivity index is 1.21. The number of benzene rings is 2. The van der Waals surface area contributed by atoms with E-state index in [0.717, 1.165) is 12.0 Å². The molecule has 2 aliphatic heterocycles. The molecule has 2 aromatic heterocycles. The summed E-state index contributed by atoms with van der Waals surface area (Å²) in [5, 5.41) is 12.4. The third kappa shape index (κ3) is 4.74. The highest BCUT2D eigenvalue weighted by molar-refractivity contribution is 5.89. The van der Waals surface area contributed by atoms with E-state index in [1.807, 2.05) is 43.3 Å². The Hall–Kier alpha value is -4.31. The van der Waals surface area contributed by atoms with E-state index in [0.29, 0.717) is 30.6 Å². The van der Waals surface area contributed by atoms with Crippen molar-refractivity contribution in [1.29, 1.82) is 0 Å². The first-order chi connectivity index (χ1) is 23.1. The monoisotopic (exact) mass is 649 g/mol. The van der Waals surface area contributed by atoms with Gasteiger partial charge in [-0.1, -0.05) is 62.4 Å². The summed E-state index contributed by atoms with van der Waals surface area (Å²) in [4.78, 5) is 31.5. The molecule has 9 nitrogen and oxygen atoms in total. The third-order valence-electron chi connectivity index (χ3n) is 11.7. The van der Waals surface area contributed by atoms with Crippen LogP contribution < -0.4 is 10.4 Å². The maximum Gasteiger partial charge on any atom is 0.345 e. The Kier molecular flexibility index (Phi) is 7.36. The molecule has 2 aromatic carbocycles. The zero-order valence-electron chi connectivity index (χ0n) is 27.2. The molecule has 4 aliphatic rings. The highest BCUT2D eigenvalue weighted by atomic mass is 16.7. The van der Waals surface area contributed by atoms with Crippen LogP contribution in [0.1, 0.15) is 73.9 Å². The Labute approximate surface area is 278 Å². The second-order valence-corrected chi connectivity index (χ2v) is 14.4. The Bertz CT molecular complexity index is 1880. The summed E-state index contributed by atoms with van der Waals surface area (Å²) in [7, 11) is 0. The molecule has 8 rings (SSSR count). The molecule has 4 heterocycles. The minimum Gasteiger partial charge on any atom is -0.482 e. The van der Waals surface area contributed by atoms with Crippen LogP contribution >= 0.6 is 0 Å². The topological polar surface area (TPSA) is 117 Å². The molecule has 2 saturated carbocycles. The molecule has 9 heteroatoms. The number of hydrogen-bond donors (Lipinski definition) is 1. The van der Waals surface area contributed by atoms with Gasteiger partial charge in [0.15, 0.2) is 6.29 Å². The van der Waals surface area contributed by atoms with Gasteiger partial charge in [0.05, 0.1) is 24.4 Å². The maximum absolute atomic E-state index is 13.7. The van der Waals surface area contributed by atoms with Crippen LogP contribution in [-0.2, 0) is 14.2 Å². The minimum absolute atomic E-state index is 0.0766. The number of pyridine rings is 1. The lowest BCUT2D eigenvalue weighted by Crippen LogP contribution is -2.71. The van der Waals surface area contributed by atoms with Crippen LogP contribution in [0.4, 0.5) is 0 Å². The van der Waals surface area contributed by atoms with Gasteiger partial charge in [0, 0.05) is 40.9 Å². The average molecular weight is 650 g/mol. The molecule has 9 atom stereocenters. The minimum atomic E-state index is -1.24. The van der Waals surface area contributed by atoms with Gasteiger partial charge in [0.2, 0.25) is 0 Å². The van der Waals surface area contributed by atoms with Gasteiger partial charge in [-0.2, -0.15) is 0 Å². The molecular formula is C39H39NO8. The number of aromatic nitrogens is 1. The Morgan fingerprint density at radius 2 is 1.73 bits per heavy atom. The molecule has 2 unspecified atom stereocenters. The number of carbonyl (C=O) groups excluding carboxylic acids is 1. The van der Waals surface area contributed by atoms with Crippen molar-refractivity contribution in [1.82, 2.24) is 4.98 Å². The van der Waals surface area contributed by atoms with Gasteiger partial charge in [0.1, 0.15) is 28.8 Å². The summed E-state index contributed by atoms with van der Waals surface area (Å²) in [6, 6.07) is 24.0. The van der Waals surface area contributed by atoms with Crippen molar-refractivity contribution in [3.8, 4) is 17.1 Å². The SMILES string of the molecule is C[C@]12CC[C@@H]3O[C@H](c4ccccc4)OC[C@@]3(C)C1C[C@H](OC(=O)c1ccccc1)[C@@]1(C)Oc3cc(-c4cccnc4)oc(=O)c3[C@H](O)C21. The molecule has 0 radical (unpaired) electrons. The summed E-state index contributed by atoms with van der Waals surface area (Å²) in [5.74, 6) is -0.727. The van der Waals surface area contributed by atoms with Crippen molar-refractivity contribution in [2.45, 2.75) is 70.2 Å². The molecule has 2 aliphatic carbocycles. The van der Waals surface area contributed by atoms with E-state index in [2.05, 4.69) is 18.8 Å². The number of fused-ring (bicyclic) bond motifs is 6. The van der Waals surface area contributed by atoms with E-state index >= 15 is 0 Å². The number of nitrogens with zero attached hydrogens (tertiary/aromatic N) is 1. The Morgan fingerprint density at radius 3 is 2.46 bits per heavy atom. The number of carbonyl (C=O) groups is 1. The lowest BCUT2D eigenvalue weighted by molar-refractivity contribution is -0.330. The van der Waals surface area contributed by atoms with Gasteiger partial charge in [0.25, 0.3) is 0 Å². The van der Waals surface area contributed by atoms with Crippen LogP contribution in [-0.4, -0.2) is 40.5 Å². The smallest absolute Gasteiger partial charge is 0.345 e. The summed E-state index contributed by atoms with van der Waals surface area (Å²) in [6.07, 6.45) is 2.49. The van der Waals surface area contributed by atoms with Gasteiger partial charge in [-0.25, -0.2) is 9.59 Å². The van der Waals surface area contributed by atoms with Crippen LogP contribution in [0.25, 0.3) is 11.3 Å². The van der Waals surface area contributed by atoms with Crippen molar-refractivity contribution in [3.05, 3.63) is 118 Å². The van der Waals surface area contributed by atoms with Crippen molar-refractivity contribution in [3.63, 3.8) is 0 Å². The highest BCUT2D eigenvalue weighted by Crippen LogP contribution is 2.68. The second kappa shape index (κ2) is 11.4. The van der Waals surface area contributed by atoms with Crippen molar-refractivity contribution >= 4 is 5.97 Å². The van der Waals surface area contributed by atoms with E-state index in [-0.39, 0.29) is 29.1 Å². The van der Waals surface area contributed by atoms with E-state index < -0.39 is 52.4 Å². The summed E-state index contributed by atoms with van der Waals surface area (Å²) < 4.78 is 32.1. The van der Waals surface area contributed by atoms with Crippen LogP contribution in [0.3, 0.4) is 0 Å². The summed E-state index contributed by atoms with van der Waals surface area (Å²) in [6.45, 7) is 6.67. The lowest BCUT2D eigenvalue weighted by atomic mass is 9.42. The summed E-state index contributed by atoms with van der Waals surface area (Å²) >= 11 is 0. The first kappa shape index (κ1) is 31.0. The molecule has 0 spiro atoms. The maximum atomic E-state index is 13.7. The molecular weight excluding hydrogens is 610 g/mol. The number of ether oxygens (including phenoxy) is 4. The molecule has 1 saturated heterocycles. The van der Waals surface area contributed by atoms with Crippen LogP contribution in [0, 0.1) is 22.7 Å². The number of aliphatic hydroxyl groups excluding tert-OH is 1. The largest absolute Gasteiger partial charge is 0.482 e. The summed E-state index contributed by atoms with van der Waals surface area (Å²) in [5.41, 5.74) is -0.822. The van der Waals surface area contributed by atoms with Gasteiger partial charge < -0.3 is 28.5 Å². The Morgan fingerprint density at radius 1 is 0.979 bits per heavy atom. The fraction of sp³-hybridized carbons (Fsp3) is 0.410. The molecule has 4 aromatic rings. The molecule has 0 amide bonds. The van der Waals surface area contributed by atoms with E-state index in [1.54, 1.807) is 54.9 Å². The first-order valence-corrected chi connectivity index (χ1v) is 16.7. The van der Waals surface area contributed by atoms with E-state index in [4.69, 9.17) is 23.4 Å². The number of rotatable bonds is 4. The lowest BCUT2D eigenvalue weighted by Gasteiger charge is -2.67. The predicted molar refractivity (Wildman–Crippen MR) is 175 cm³/mol. The molecule has 248 valence electrons. The standard InChI is InChI=1S/C39H39NO8/c1-37-17-16-29-38(2,22-44-36(47-29)24-13-8-5-9-14-24)28(37)20-30(46-34(42)23-11-6-4-7-12-23)39(3)33(37)32(41)31-27(48-39)19-26(45-35(31)43)25-15-10-18-40-21-25/h4-15,18-19,21,28-30,32-33,36,41H,16-17,20,22H2,1-3H3/t28?,29-,30-,32-,33?,36+,37-,38-,39+/m0/s1. The van der Waals surface area contributed by atoms with Gasteiger partial charge in [-0.05, 0) is 61.8 Å². The first-order valence-electron chi connectivity index (χ1n) is 16.7. The van der Waals surface area contributed by atoms with Crippen molar-refractivity contribution < 1.29 is 33.3 Å². The fourth-order valence-corrected chi connectivity index (χ4v) is 9.41. The van der Waals surface area contributed by atoms with Crippen LogP contribution in [0.15, 0.2) is 100 Å². The van der Waals surface area contributed by atoms with Crippen LogP contribution in [0.2, 0.25) is 0 Å². The van der Waals surface area contributed by atoms with Gasteiger partial charge >= 0.3 is 11.6 Å². The van der Waals surface area contributed by atoms with Crippen molar-refractivity contribution in [2.75, 3.05) is 6.61 Å².